The van der Waals surface area contributed by atoms with E-state index in [0.29, 0.717) is 30.0 Å². The number of rotatable bonds is 2. The molecule has 0 unspecified atom stereocenters. The Morgan fingerprint density at radius 3 is 2.62 bits per heavy atom. The molecule has 3 heterocycles. The molecule has 4 rings (SSSR count). The number of halogens is 1. The van der Waals surface area contributed by atoms with Gasteiger partial charge >= 0.3 is 0 Å². The number of aromatic nitrogens is 3. The molecule has 0 saturated heterocycles. The third-order valence-electron chi connectivity index (χ3n) is 4.76. The van der Waals surface area contributed by atoms with E-state index >= 15 is 0 Å². The molecule has 1 aliphatic carbocycles. The highest BCUT2D eigenvalue weighted by molar-refractivity contribution is 6.25. The summed E-state index contributed by atoms with van der Waals surface area (Å²) in [5.74, 6) is 0.205. The van der Waals surface area contributed by atoms with Crippen LogP contribution >= 0.6 is 11.8 Å². The van der Waals surface area contributed by atoms with E-state index in [9.17, 15) is 9.59 Å². The average Bonchev–Trinajstić information content (AvgIpc) is 2.82. The molecular formula is C16H16ClN5O2. The van der Waals surface area contributed by atoms with E-state index < -0.39 is 5.66 Å². The van der Waals surface area contributed by atoms with Gasteiger partial charge in [0.15, 0.2) is 0 Å². The second-order valence-electron chi connectivity index (χ2n) is 6.12. The number of anilines is 2. The van der Waals surface area contributed by atoms with Crippen LogP contribution in [0.5, 0.6) is 0 Å². The molecule has 7 nitrogen and oxygen atoms in total. The maximum atomic E-state index is 13.0. The van der Waals surface area contributed by atoms with Crippen LogP contribution in [0.25, 0.3) is 0 Å². The van der Waals surface area contributed by atoms with E-state index in [2.05, 4.69) is 15.3 Å². The fourth-order valence-corrected chi connectivity index (χ4v) is 3.96. The number of fused-ring (bicyclic) bond motifs is 2. The van der Waals surface area contributed by atoms with Gasteiger partial charge in [-0.15, -0.1) is 0 Å². The minimum atomic E-state index is -0.757. The molecule has 2 aliphatic rings. The molecule has 8 heteroatoms. The number of nitrogens with one attached hydrogen (secondary N) is 1. The number of hydrogen-bond donors (Lipinski definition) is 1. The van der Waals surface area contributed by atoms with Crippen LogP contribution in [0.15, 0.2) is 35.5 Å². The molecule has 2 aromatic rings. The SMILES string of the molecule is O=C1c2ccc(Nc3ccncn3)c(=O)n2C2(CCCCC2)N1Cl. The standard InChI is InChI=1S/C16H16ClN5O2/c17-22-15(24)12-5-4-11(20-13-6-9-18-10-19-13)14(23)21(12)16(22)7-2-1-3-8-16/h4-6,9-10H,1-3,7-8H2,(H,18,19,20). The van der Waals surface area contributed by atoms with Gasteiger partial charge in [-0.05, 0) is 43.9 Å². The van der Waals surface area contributed by atoms with Crippen LogP contribution in [-0.2, 0) is 5.66 Å². The Labute approximate surface area is 143 Å². The molecule has 0 radical (unpaired) electrons. The lowest BCUT2D eigenvalue weighted by Gasteiger charge is -2.38. The third-order valence-corrected chi connectivity index (χ3v) is 5.23. The summed E-state index contributed by atoms with van der Waals surface area (Å²) in [5, 5.41) is 3.00. The summed E-state index contributed by atoms with van der Waals surface area (Å²) >= 11 is 6.33. The van der Waals surface area contributed by atoms with Gasteiger partial charge in [-0.1, -0.05) is 6.42 Å². The second-order valence-corrected chi connectivity index (χ2v) is 6.46. The topological polar surface area (TPSA) is 80.1 Å². The van der Waals surface area contributed by atoms with Crippen molar-refractivity contribution >= 4 is 29.2 Å². The minimum absolute atomic E-state index is 0.260. The van der Waals surface area contributed by atoms with Crippen LogP contribution < -0.4 is 10.9 Å². The zero-order valence-electron chi connectivity index (χ0n) is 12.9. The van der Waals surface area contributed by atoms with Crippen LogP contribution in [-0.4, -0.2) is 24.9 Å². The van der Waals surface area contributed by atoms with E-state index in [1.165, 1.54) is 10.7 Å². The predicted octanol–water partition coefficient (Wildman–Crippen LogP) is 2.61. The van der Waals surface area contributed by atoms with Crippen molar-refractivity contribution in [2.75, 3.05) is 5.32 Å². The number of carbonyl (C=O) groups is 1. The van der Waals surface area contributed by atoms with Gasteiger partial charge in [-0.2, -0.15) is 0 Å². The predicted molar refractivity (Wildman–Crippen MR) is 89.1 cm³/mol. The Bertz CT molecular complexity index is 845. The first-order valence-corrected chi connectivity index (χ1v) is 8.27. The summed E-state index contributed by atoms with van der Waals surface area (Å²) in [6.45, 7) is 0. The third kappa shape index (κ3) is 2.11. The average molecular weight is 346 g/mol. The van der Waals surface area contributed by atoms with E-state index in [1.807, 2.05) is 0 Å². The van der Waals surface area contributed by atoms with Crippen LogP contribution in [0.1, 0.15) is 42.6 Å². The zero-order chi connectivity index (χ0) is 16.7. The maximum Gasteiger partial charge on any atom is 0.287 e. The van der Waals surface area contributed by atoms with Crippen molar-refractivity contribution in [3.8, 4) is 0 Å². The van der Waals surface area contributed by atoms with Gasteiger partial charge in [-0.3, -0.25) is 14.2 Å². The highest BCUT2D eigenvalue weighted by Crippen LogP contribution is 2.44. The molecule has 1 aliphatic heterocycles. The van der Waals surface area contributed by atoms with Crippen molar-refractivity contribution in [2.24, 2.45) is 0 Å². The van der Waals surface area contributed by atoms with Crippen LogP contribution in [0.4, 0.5) is 11.5 Å². The maximum absolute atomic E-state index is 13.0. The van der Waals surface area contributed by atoms with Crippen molar-refractivity contribution in [1.29, 1.82) is 0 Å². The van der Waals surface area contributed by atoms with Crippen molar-refractivity contribution in [3.63, 3.8) is 0 Å². The Kier molecular flexibility index (Phi) is 3.53. The zero-order valence-corrected chi connectivity index (χ0v) is 13.7. The first kappa shape index (κ1) is 15.1. The van der Waals surface area contributed by atoms with E-state index in [-0.39, 0.29) is 11.5 Å². The first-order chi connectivity index (χ1) is 11.6. The molecule has 0 bridgehead atoms. The molecular weight excluding hydrogens is 330 g/mol. The minimum Gasteiger partial charge on any atom is -0.336 e. The summed E-state index contributed by atoms with van der Waals surface area (Å²) in [4.78, 5) is 33.5. The lowest BCUT2D eigenvalue weighted by atomic mass is 9.89. The van der Waals surface area contributed by atoms with Gasteiger partial charge in [0, 0.05) is 18.0 Å². The highest BCUT2D eigenvalue weighted by atomic mass is 35.5. The van der Waals surface area contributed by atoms with Gasteiger partial charge in [0.05, 0.1) is 0 Å². The number of nitrogens with zero attached hydrogens (tertiary/aromatic N) is 4. The Balaban J connectivity index is 1.83. The highest BCUT2D eigenvalue weighted by Gasteiger charge is 2.50. The fraction of sp³-hybridized carbons (Fsp3) is 0.375. The van der Waals surface area contributed by atoms with Crippen molar-refractivity contribution < 1.29 is 4.79 Å². The number of carbonyl (C=O) groups excluding carboxylic acids is 1. The molecule has 2 aromatic heterocycles. The molecule has 1 spiro atoms. The summed E-state index contributed by atoms with van der Waals surface area (Å²) < 4.78 is 2.78. The quantitative estimate of drug-likeness (QED) is 0.846. The van der Waals surface area contributed by atoms with Gasteiger partial charge in [0.1, 0.15) is 29.2 Å². The molecule has 124 valence electrons. The number of amides is 1. The molecule has 0 atom stereocenters. The first-order valence-electron chi connectivity index (χ1n) is 7.93. The van der Waals surface area contributed by atoms with Crippen molar-refractivity contribution in [3.05, 3.63) is 46.8 Å². The summed E-state index contributed by atoms with van der Waals surface area (Å²) in [7, 11) is 0. The summed E-state index contributed by atoms with van der Waals surface area (Å²) in [6, 6.07) is 4.92. The normalized spacial score (nSPS) is 18.7. The monoisotopic (exact) mass is 345 g/mol. The van der Waals surface area contributed by atoms with Crippen molar-refractivity contribution in [1.82, 2.24) is 19.0 Å². The van der Waals surface area contributed by atoms with E-state index in [0.717, 1.165) is 19.3 Å². The molecule has 24 heavy (non-hydrogen) atoms. The molecule has 1 saturated carbocycles. The van der Waals surface area contributed by atoms with Gasteiger partial charge in [0.2, 0.25) is 0 Å². The Morgan fingerprint density at radius 2 is 1.92 bits per heavy atom. The lowest BCUT2D eigenvalue weighted by Crippen LogP contribution is -2.47. The van der Waals surface area contributed by atoms with Gasteiger partial charge < -0.3 is 5.32 Å². The molecule has 1 amide bonds. The van der Waals surface area contributed by atoms with E-state index in [1.54, 1.807) is 29.0 Å². The molecule has 1 N–H and O–H groups in total. The van der Waals surface area contributed by atoms with Gasteiger partial charge in [0.25, 0.3) is 11.5 Å². The summed E-state index contributed by atoms with van der Waals surface area (Å²) in [6.07, 6.45) is 7.33. The van der Waals surface area contributed by atoms with Gasteiger partial charge in [-0.25, -0.2) is 14.4 Å². The largest absolute Gasteiger partial charge is 0.336 e. The lowest BCUT2D eigenvalue weighted by molar-refractivity contribution is 0.0553. The molecule has 0 aromatic carbocycles. The second kappa shape index (κ2) is 5.59. The summed E-state index contributed by atoms with van der Waals surface area (Å²) in [5.41, 5.74) is -0.316. The number of hydrogen-bond acceptors (Lipinski definition) is 5. The van der Waals surface area contributed by atoms with Crippen molar-refractivity contribution in [2.45, 2.75) is 37.8 Å². The van der Waals surface area contributed by atoms with Crippen LogP contribution in [0.3, 0.4) is 0 Å². The van der Waals surface area contributed by atoms with E-state index in [4.69, 9.17) is 11.8 Å². The smallest absolute Gasteiger partial charge is 0.287 e. The van der Waals surface area contributed by atoms with Crippen LogP contribution in [0, 0.1) is 0 Å². The van der Waals surface area contributed by atoms with Crippen LogP contribution in [0.2, 0.25) is 0 Å². The Morgan fingerprint density at radius 1 is 1.12 bits per heavy atom. The molecule has 1 fully saturated rings. The Hall–Kier alpha value is -2.41. The number of pyridine rings is 1. The fourth-order valence-electron chi connectivity index (χ4n) is 3.63.